The van der Waals surface area contributed by atoms with Crippen molar-refractivity contribution in [1.29, 1.82) is 0 Å². The number of amides is 1. The molecule has 0 unspecified atom stereocenters. The molecule has 28 heavy (non-hydrogen) atoms. The summed E-state index contributed by atoms with van der Waals surface area (Å²) in [6, 6.07) is 18.2. The number of hydrogen-bond acceptors (Lipinski definition) is 4. The Hall–Kier alpha value is -2.47. The van der Waals surface area contributed by atoms with E-state index < -0.39 is 11.5 Å². The lowest BCUT2D eigenvalue weighted by molar-refractivity contribution is -0.136. The van der Waals surface area contributed by atoms with E-state index in [1.165, 1.54) is 0 Å². The minimum Gasteiger partial charge on any atom is -0.375 e. The molecule has 0 saturated heterocycles. The van der Waals surface area contributed by atoms with Gasteiger partial charge in [0.25, 0.3) is 5.91 Å². The van der Waals surface area contributed by atoms with E-state index in [1.807, 2.05) is 37.3 Å². The van der Waals surface area contributed by atoms with E-state index >= 15 is 0 Å². The van der Waals surface area contributed by atoms with Gasteiger partial charge in [0.15, 0.2) is 11.4 Å². The molecule has 6 heteroatoms. The highest BCUT2D eigenvalue weighted by Crippen LogP contribution is 2.43. The van der Waals surface area contributed by atoms with Gasteiger partial charge in [-0.1, -0.05) is 59.6 Å². The van der Waals surface area contributed by atoms with Crippen LogP contribution in [0.4, 0.5) is 5.69 Å². The molecule has 1 atom stereocenters. The van der Waals surface area contributed by atoms with Crippen molar-refractivity contribution >= 4 is 40.3 Å². The second-order valence-electron chi connectivity index (χ2n) is 6.96. The molecule has 0 spiro atoms. The van der Waals surface area contributed by atoms with E-state index in [2.05, 4.69) is 0 Å². The summed E-state index contributed by atoms with van der Waals surface area (Å²) < 4.78 is 0.495. The fraction of sp³-hybridized carbons (Fsp3) is 0.182. The molecule has 0 fully saturated rings. The third kappa shape index (κ3) is 3.26. The molecule has 0 saturated carbocycles. The van der Waals surface area contributed by atoms with Crippen molar-refractivity contribution in [2.24, 2.45) is 0 Å². The highest BCUT2D eigenvalue weighted by atomic mass is 35.5. The van der Waals surface area contributed by atoms with Crippen LogP contribution in [-0.4, -0.2) is 16.8 Å². The van der Waals surface area contributed by atoms with E-state index in [0.29, 0.717) is 27.0 Å². The first-order chi connectivity index (χ1) is 13.4. The van der Waals surface area contributed by atoms with Crippen LogP contribution in [-0.2, 0) is 16.9 Å². The summed E-state index contributed by atoms with van der Waals surface area (Å²) in [5, 5.41) is 11.3. The van der Waals surface area contributed by atoms with Crippen LogP contribution in [0.2, 0.25) is 4.34 Å². The van der Waals surface area contributed by atoms with Crippen molar-refractivity contribution in [3.63, 3.8) is 0 Å². The number of Topliss-reactive ketones (excluding diaryl/α,β-unsaturated/α-hetero) is 1. The average molecular weight is 412 g/mol. The van der Waals surface area contributed by atoms with Crippen molar-refractivity contribution in [3.8, 4) is 0 Å². The predicted molar refractivity (Wildman–Crippen MR) is 111 cm³/mol. The fourth-order valence-electron chi connectivity index (χ4n) is 3.49. The molecule has 0 bridgehead atoms. The Balaban J connectivity index is 1.67. The van der Waals surface area contributed by atoms with E-state index in [1.54, 1.807) is 35.2 Å². The molecular weight excluding hydrogens is 394 g/mol. The first-order valence-corrected chi connectivity index (χ1v) is 10.1. The number of ketones is 1. The highest BCUT2D eigenvalue weighted by Gasteiger charge is 2.50. The zero-order valence-corrected chi connectivity index (χ0v) is 16.8. The molecule has 3 aromatic rings. The minimum atomic E-state index is -1.88. The first-order valence-electron chi connectivity index (χ1n) is 8.86. The van der Waals surface area contributed by atoms with Gasteiger partial charge in [0, 0.05) is 5.56 Å². The van der Waals surface area contributed by atoms with E-state index in [-0.39, 0.29) is 12.2 Å². The van der Waals surface area contributed by atoms with Crippen LogP contribution < -0.4 is 4.90 Å². The predicted octanol–water partition coefficient (Wildman–Crippen LogP) is 4.72. The van der Waals surface area contributed by atoms with Crippen molar-refractivity contribution in [3.05, 3.63) is 86.6 Å². The van der Waals surface area contributed by atoms with Gasteiger partial charge in [-0.2, -0.15) is 0 Å². The fourth-order valence-corrected chi connectivity index (χ4v) is 4.47. The van der Waals surface area contributed by atoms with E-state index in [4.69, 9.17) is 11.6 Å². The summed E-state index contributed by atoms with van der Waals surface area (Å²) in [7, 11) is 0. The average Bonchev–Trinajstić information content (AvgIpc) is 3.20. The number of fused-ring (bicyclic) bond motifs is 1. The summed E-state index contributed by atoms with van der Waals surface area (Å²) in [4.78, 5) is 27.9. The number of nitrogens with zero attached hydrogens (tertiary/aromatic N) is 1. The number of aliphatic hydroxyl groups is 1. The smallest absolute Gasteiger partial charge is 0.264 e. The summed E-state index contributed by atoms with van der Waals surface area (Å²) in [6.45, 7) is 2.33. The largest absolute Gasteiger partial charge is 0.375 e. The third-order valence-corrected chi connectivity index (χ3v) is 6.24. The van der Waals surface area contributed by atoms with Gasteiger partial charge >= 0.3 is 0 Å². The Kier molecular flexibility index (Phi) is 4.83. The van der Waals surface area contributed by atoms with E-state index in [9.17, 15) is 14.7 Å². The number of thiophene rings is 1. The van der Waals surface area contributed by atoms with Gasteiger partial charge in [0.2, 0.25) is 0 Å². The SMILES string of the molecule is Cc1ccc(CN2C(=O)[C@](O)(CC(=O)c3ccc(Cl)s3)c3ccccc32)cc1. The summed E-state index contributed by atoms with van der Waals surface area (Å²) in [6.07, 6.45) is -0.315. The summed E-state index contributed by atoms with van der Waals surface area (Å²) >= 11 is 7.06. The lowest BCUT2D eigenvalue weighted by Gasteiger charge is -2.22. The van der Waals surface area contributed by atoms with Gasteiger partial charge in [0.1, 0.15) is 0 Å². The standard InChI is InChI=1S/C22H18ClNO3S/c1-14-6-8-15(9-7-14)13-24-17-5-3-2-4-16(17)22(27,21(24)26)12-18(25)19-10-11-20(23)28-19/h2-11,27H,12-13H2,1H3/t22-/m0/s1. The van der Waals surface area contributed by atoms with Gasteiger partial charge in [-0.15, -0.1) is 11.3 Å². The molecular formula is C22H18ClNO3S. The molecule has 2 aromatic carbocycles. The Morgan fingerprint density at radius 1 is 1.11 bits per heavy atom. The number of benzene rings is 2. The summed E-state index contributed by atoms with van der Waals surface area (Å²) in [5.74, 6) is -0.787. The monoisotopic (exact) mass is 411 g/mol. The van der Waals surface area contributed by atoms with Gasteiger partial charge in [-0.05, 0) is 30.7 Å². The number of anilines is 1. The minimum absolute atomic E-state index is 0.306. The molecule has 4 nitrogen and oxygen atoms in total. The van der Waals surface area contributed by atoms with Gasteiger partial charge in [-0.25, -0.2) is 0 Å². The zero-order chi connectivity index (χ0) is 19.9. The number of carbonyl (C=O) groups is 2. The van der Waals surface area contributed by atoms with Crippen molar-refractivity contribution in [1.82, 2.24) is 0 Å². The number of rotatable bonds is 5. The molecule has 4 rings (SSSR count). The quantitative estimate of drug-likeness (QED) is 0.618. The lowest BCUT2D eigenvalue weighted by Crippen LogP contribution is -2.41. The molecule has 1 N–H and O–H groups in total. The Bertz CT molecular complexity index is 1060. The van der Waals surface area contributed by atoms with Crippen LogP contribution in [0.3, 0.4) is 0 Å². The maximum Gasteiger partial charge on any atom is 0.264 e. The van der Waals surface area contributed by atoms with Crippen LogP contribution in [0.5, 0.6) is 0 Å². The van der Waals surface area contributed by atoms with E-state index in [0.717, 1.165) is 22.5 Å². The Morgan fingerprint density at radius 3 is 2.50 bits per heavy atom. The third-order valence-electron chi connectivity index (χ3n) is 4.97. The summed E-state index contributed by atoms with van der Waals surface area (Å²) in [5.41, 5.74) is 1.30. The Labute approximate surface area is 172 Å². The molecule has 1 aliphatic heterocycles. The molecule has 1 aromatic heterocycles. The first kappa shape index (κ1) is 18.9. The lowest BCUT2D eigenvalue weighted by atomic mass is 9.89. The number of carbonyl (C=O) groups excluding carboxylic acids is 2. The number of aryl methyl sites for hydroxylation is 1. The highest BCUT2D eigenvalue weighted by molar-refractivity contribution is 7.18. The number of para-hydroxylation sites is 1. The molecule has 2 heterocycles. The van der Waals surface area contributed by atoms with Crippen molar-refractivity contribution in [2.45, 2.75) is 25.5 Å². The molecule has 142 valence electrons. The Morgan fingerprint density at radius 2 is 1.82 bits per heavy atom. The van der Waals surface area contributed by atoms with Gasteiger partial charge < -0.3 is 10.0 Å². The number of hydrogen-bond donors (Lipinski definition) is 1. The van der Waals surface area contributed by atoms with Crippen molar-refractivity contribution < 1.29 is 14.7 Å². The normalized spacial score (nSPS) is 18.4. The van der Waals surface area contributed by atoms with Crippen LogP contribution in [0, 0.1) is 6.92 Å². The van der Waals surface area contributed by atoms with Gasteiger partial charge in [-0.3, -0.25) is 9.59 Å². The zero-order valence-electron chi connectivity index (χ0n) is 15.2. The second kappa shape index (κ2) is 7.17. The van der Waals surface area contributed by atoms with Gasteiger partial charge in [0.05, 0.1) is 27.9 Å². The molecule has 1 aliphatic rings. The van der Waals surface area contributed by atoms with Crippen LogP contribution >= 0.6 is 22.9 Å². The maximum absolute atomic E-state index is 13.2. The van der Waals surface area contributed by atoms with Crippen LogP contribution in [0.25, 0.3) is 0 Å². The van der Waals surface area contributed by atoms with Crippen LogP contribution in [0.15, 0.2) is 60.7 Å². The molecule has 0 aliphatic carbocycles. The molecule has 0 radical (unpaired) electrons. The maximum atomic E-state index is 13.2. The van der Waals surface area contributed by atoms with Crippen molar-refractivity contribution in [2.75, 3.05) is 4.90 Å². The second-order valence-corrected chi connectivity index (χ2v) is 8.67. The molecule has 1 amide bonds. The van der Waals surface area contributed by atoms with Crippen LogP contribution in [0.1, 0.15) is 32.8 Å². The number of halogens is 1. The topological polar surface area (TPSA) is 57.6 Å².